The highest BCUT2D eigenvalue weighted by molar-refractivity contribution is 5.73. The molecule has 4 heteroatoms. The van der Waals surface area contributed by atoms with Gasteiger partial charge in [0.1, 0.15) is 0 Å². The third-order valence-electron chi connectivity index (χ3n) is 2.42. The van der Waals surface area contributed by atoms with Crippen LogP contribution in [0.15, 0.2) is 0 Å². The minimum absolute atomic E-state index is 0.0270. The van der Waals surface area contributed by atoms with Crippen LogP contribution < -0.4 is 5.32 Å². The van der Waals surface area contributed by atoms with E-state index in [1.54, 1.807) is 19.0 Å². The Morgan fingerprint density at radius 3 is 2.86 bits per heavy atom. The maximum atomic E-state index is 11.2. The van der Waals surface area contributed by atoms with Crippen LogP contribution in [0.2, 0.25) is 0 Å². The van der Waals surface area contributed by atoms with E-state index in [0.29, 0.717) is 12.6 Å². The molecule has 0 spiro atoms. The van der Waals surface area contributed by atoms with Gasteiger partial charge in [-0.2, -0.15) is 0 Å². The summed E-state index contributed by atoms with van der Waals surface area (Å²) in [6, 6.07) is -0.0270. The van der Waals surface area contributed by atoms with Crippen LogP contribution in [0.4, 0.5) is 4.79 Å². The van der Waals surface area contributed by atoms with Gasteiger partial charge in [0.25, 0.3) is 0 Å². The van der Waals surface area contributed by atoms with E-state index in [1.807, 2.05) is 0 Å². The molecule has 2 amide bonds. The Morgan fingerprint density at radius 2 is 2.29 bits per heavy atom. The van der Waals surface area contributed by atoms with Crippen LogP contribution in [-0.2, 0) is 4.74 Å². The summed E-state index contributed by atoms with van der Waals surface area (Å²) in [6.45, 7) is 1.59. The maximum absolute atomic E-state index is 11.2. The van der Waals surface area contributed by atoms with Gasteiger partial charge in [-0.1, -0.05) is 0 Å². The van der Waals surface area contributed by atoms with Crippen molar-refractivity contribution in [1.82, 2.24) is 10.2 Å². The molecular formula is C10H20N2O2. The lowest BCUT2D eigenvalue weighted by atomic mass is 10.1. The van der Waals surface area contributed by atoms with Gasteiger partial charge in [-0.15, -0.1) is 0 Å². The third-order valence-corrected chi connectivity index (χ3v) is 2.42. The summed E-state index contributed by atoms with van der Waals surface area (Å²) in [7, 11) is 3.49. The molecule has 1 rings (SSSR count). The van der Waals surface area contributed by atoms with Crippen LogP contribution in [0.25, 0.3) is 0 Å². The second kappa shape index (κ2) is 5.86. The highest BCUT2D eigenvalue weighted by atomic mass is 16.5. The van der Waals surface area contributed by atoms with Gasteiger partial charge in [0, 0.05) is 27.2 Å². The van der Waals surface area contributed by atoms with E-state index >= 15 is 0 Å². The lowest BCUT2D eigenvalue weighted by molar-refractivity contribution is 0.0119. The molecule has 0 aromatic rings. The molecule has 0 radical (unpaired) electrons. The minimum Gasteiger partial charge on any atom is -0.378 e. The zero-order valence-electron chi connectivity index (χ0n) is 9.08. The SMILES string of the molecule is CN(C)C(=O)NCCC1CCCCO1. The predicted octanol–water partition coefficient (Wildman–Crippen LogP) is 1.22. The van der Waals surface area contributed by atoms with Crippen LogP contribution in [-0.4, -0.2) is 44.3 Å². The predicted molar refractivity (Wildman–Crippen MR) is 55.3 cm³/mol. The lowest BCUT2D eigenvalue weighted by Gasteiger charge is -2.22. The Hall–Kier alpha value is -0.770. The number of urea groups is 1. The number of nitrogens with one attached hydrogen (secondary N) is 1. The van der Waals surface area contributed by atoms with Gasteiger partial charge >= 0.3 is 6.03 Å². The molecule has 14 heavy (non-hydrogen) atoms. The first-order valence-corrected chi connectivity index (χ1v) is 5.27. The molecule has 0 aromatic heterocycles. The molecule has 1 unspecified atom stereocenters. The molecule has 1 fully saturated rings. The van der Waals surface area contributed by atoms with Crippen LogP contribution in [0.3, 0.4) is 0 Å². The van der Waals surface area contributed by atoms with Gasteiger partial charge in [-0.3, -0.25) is 0 Å². The van der Waals surface area contributed by atoms with E-state index in [-0.39, 0.29) is 6.03 Å². The van der Waals surface area contributed by atoms with Crippen molar-refractivity contribution in [2.24, 2.45) is 0 Å². The second-order valence-corrected chi connectivity index (χ2v) is 3.90. The van der Waals surface area contributed by atoms with E-state index in [0.717, 1.165) is 19.4 Å². The van der Waals surface area contributed by atoms with Crippen molar-refractivity contribution < 1.29 is 9.53 Å². The molecular weight excluding hydrogens is 180 g/mol. The first-order valence-electron chi connectivity index (χ1n) is 5.27. The number of amides is 2. The number of carbonyl (C=O) groups is 1. The van der Waals surface area contributed by atoms with Crippen LogP contribution >= 0.6 is 0 Å². The summed E-state index contributed by atoms with van der Waals surface area (Å²) in [5.41, 5.74) is 0. The smallest absolute Gasteiger partial charge is 0.316 e. The average molecular weight is 200 g/mol. The molecule has 1 atom stereocenters. The Labute approximate surface area is 85.6 Å². The molecule has 1 aliphatic heterocycles. The highest BCUT2D eigenvalue weighted by Gasteiger charge is 2.13. The standard InChI is InChI=1S/C10H20N2O2/c1-12(2)10(13)11-7-6-9-5-3-4-8-14-9/h9H,3-8H2,1-2H3,(H,11,13). The summed E-state index contributed by atoms with van der Waals surface area (Å²) in [5.74, 6) is 0. The van der Waals surface area contributed by atoms with E-state index in [1.165, 1.54) is 12.8 Å². The van der Waals surface area contributed by atoms with Gasteiger partial charge in [-0.05, 0) is 25.7 Å². The van der Waals surface area contributed by atoms with Crippen molar-refractivity contribution in [3.63, 3.8) is 0 Å². The highest BCUT2D eigenvalue weighted by Crippen LogP contribution is 2.14. The molecule has 0 aromatic carbocycles. The summed E-state index contributed by atoms with van der Waals surface area (Å²) in [4.78, 5) is 12.7. The first kappa shape index (κ1) is 11.3. The van der Waals surface area contributed by atoms with Crippen molar-refractivity contribution in [2.75, 3.05) is 27.2 Å². The van der Waals surface area contributed by atoms with Crippen LogP contribution in [0.1, 0.15) is 25.7 Å². The molecule has 0 bridgehead atoms. The first-order chi connectivity index (χ1) is 6.70. The van der Waals surface area contributed by atoms with E-state index in [2.05, 4.69) is 5.32 Å². The Balaban J connectivity index is 2.05. The molecule has 1 heterocycles. The largest absolute Gasteiger partial charge is 0.378 e. The fraction of sp³-hybridized carbons (Fsp3) is 0.900. The second-order valence-electron chi connectivity index (χ2n) is 3.90. The van der Waals surface area contributed by atoms with Crippen LogP contribution in [0, 0.1) is 0 Å². The lowest BCUT2D eigenvalue weighted by Crippen LogP contribution is -2.36. The number of hydrogen-bond acceptors (Lipinski definition) is 2. The number of nitrogens with zero attached hydrogens (tertiary/aromatic N) is 1. The number of carbonyl (C=O) groups excluding carboxylic acids is 1. The van der Waals surface area contributed by atoms with Crippen LogP contribution in [0.5, 0.6) is 0 Å². The normalized spacial score (nSPS) is 21.7. The minimum atomic E-state index is -0.0270. The zero-order chi connectivity index (χ0) is 10.4. The van der Waals surface area contributed by atoms with Gasteiger partial charge in [-0.25, -0.2) is 4.79 Å². The summed E-state index contributed by atoms with van der Waals surface area (Å²) < 4.78 is 5.56. The van der Waals surface area contributed by atoms with Crippen molar-refractivity contribution in [1.29, 1.82) is 0 Å². The van der Waals surface area contributed by atoms with Gasteiger partial charge < -0.3 is 15.0 Å². The fourth-order valence-corrected chi connectivity index (χ4v) is 1.53. The summed E-state index contributed by atoms with van der Waals surface area (Å²) in [5, 5.41) is 2.84. The topological polar surface area (TPSA) is 41.6 Å². The molecule has 1 saturated heterocycles. The van der Waals surface area contributed by atoms with E-state index < -0.39 is 0 Å². The summed E-state index contributed by atoms with van der Waals surface area (Å²) in [6.07, 6.45) is 4.86. The molecule has 4 nitrogen and oxygen atoms in total. The van der Waals surface area contributed by atoms with Crippen molar-refractivity contribution in [3.05, 3.63) is 0 Å². The molecule has 1 aliphatic rings. The van der Waals surface area contributed by atoms with Gasteiger partial charge in [0.15, 0.2) is 0 Å². The third kappa shape index (κ3) is 3.96. The molecule has 1 N–H and O–H groups in total. The van der Waals surface area contributed by atoms with Crippen molar-refractivity contribution in [2.45, 2.75) is 31.8 Å². The monoisotopic (exact) mass is 200 g/mol. The average Bonchev–Trinajstić information content (AvgIpc) is 2.19. The summed E-state index contributed by atoms with van der Waals surface area (Å²) >= 11 is 0. The maximum Gasteiger partial charge on any atom is 0.316 e. The van der Waals surface area contributed by atoms with Crippen molar-refractivity contribution in [3.8, 4) is 0 Å². The quantitative estimate of drug-likeness (QED) is 0.744. The van der Waals surface area contributed by atoms with Crippen molar-refractivity contribution >= 4 is 6.03 Å². The molecule has 0 aliphatic carbocycles. The zero-order valence-corrected chi connectivity index (χ0v) is 9.08. The Bertz CT molecular complexity index is 177. The van der Waals surface area contributed by atoms with Gasteiger partial charge in [0.05, 0.1) is 6.10 Å². The van der Waals surface area contributed by atoms with Gasteiger partial charge in [0.2, 0.25) is 0 Å². The van der Waals surface area contributed by atoms with E-state index in [9.17, 15) is 4.79 Å². The van der Waals surface area contributed by atoms with E-state index in [4.69, 9.17) is 4.74 Å². The Morgan fingerprint density at radius 1 is 1.50 bits per heavy atom. The number of rotatable bonds is 3. The molecule has 82 valence electrons. The Kier molecular flexibility index (Phi) is 4.73. The number of hydrogen-bond donors (Lipinski definition) is 1. The fourth-order valence-electron chi connectivity index (χ4n) is 1.53. The molecule has 0 saturated carbocycles. The number of ether oxygens (including phenoxy) is 1.